The van der Waals surface area contributed by atoms with Crippen molar-refractivity contribution in [1.82, 2.24) is 5.32 Å². The Kier molecular flexibility index (Phi) is 6.51. The summed E-state index contributed by atoms with van der Waals surface area (Å²) in [4.78, 5) is 23.4. The van der Waals surface area contributed by atoms with E-state index in [-0.39, 0.29) is 12.5 Å². The van der Waals surface area contributed by atoms with Crippen molar-refractivity contribution in [2.45, 2.75) is 26.7 Å². The van der Waals surface area contributed by atoms with Crippen LogP contribution in [0.4, 0.5) is 5.69 Å². The van der Waals surface area contributed by atoms with Gasteiger partial charge in [0.25, 0.3) is 5.91 Å². The molecule has 0 bridgehead atoms. The van der Waals surface area contributed by atoms with E-state index in [9.17, 15) is 9.59 Å². The van der Waals surface area contributed by atoms with E-state index in [4.69, 9.17) is 10.5 Å². The van der Waals surface area contributed by atoms with E-state index >= 15 is 0 Å². The molecule has 3 N–H and O–H groups in total. The first-order valence-corrected chi connectivity index (χ1v) is 7.24. The highest BCUT2D eigenvalue weighted by Crippen LogP contribution is 2.23. The van der Waals surface area contributed by atoms with Crippen molar-refractivity contribution < 1.29 is 14.3 Å². The molecular weight excluding hydrogens is 324 g/mol. The van der Waals surface area contributed by atoms with Gasteiger partial charge in [0.05, 0.1) is 5.56 Å². The zero-order chi connectivity index (χ0) is 15.1. The number of amides is 1. The van der Waals surface area contributed by atoms with E-state index < -0.39 is 5.97 Å². The first-order chi connectivity index (χ1) is 9.45. The van der Waals surface area contributed by atoms with Gasteiger partial charge in [-0.05, 0) is 31.0 Å². The van der Waals surface area contributed by atoms with Crippen molar-refractivity contribution in [3.63, 3.8) is 0 Å². The van der Waals surface area contributed by atoms with Gasteiger partial charge in [-0.25, -0.2) is 4.79 Å². The normalized spacial score (nSPS) is 10.2. The van der Waals surface area contributed by atoms with Gasteiger partial charge in [-0.3, -0.25) is 4.79 Å². The van der Waals surface area contributed by atoms with Crippen LogP contribution >= 0.6 is 15.9 Å². The Morgan fingerprint density at radius 2 is 2.10 bits per heavy atom. The second kappa shape index (κ2) is 7.89. The molecule has 5 nitrogen and oxygen atoms in total. The molecule has 0 heterocycles. The van der Waals surface area contributed by atoms with Crippen LogP contribution in [0.5, 0.6) is 0 Å². The molecule has 6 heteroatoms. The van der Waals surface area contributed by atoms with Crippen LogP contribution in [0.25, 0.3) is 0 Å². The molecule has 0 fully saturated rings. The summed E-state index contributed by atoms with van der Waals surface area (Å²) < 4.78 is 5.68. The number of nitrogens with one attached hydrogen (secondary N) is 1. The number of carbonyl (C=O) groups is 2. The molecular formula is C14H19BrN2O3. The second-order valence-electron chi connectivity index (χ2n) is 4.45. The van der Waals surface area contributed by atoms with Gasteiger partial charge in [-0.15, -0.1) is 0 Å². The number of anilines is 1. The minimum absolute atomic E-state index is 0.283. The summed E-state index contributed by atoms with van der Waals surface area (Å²) in [7, 11) is 0. The highest BCUT2D eigenvalue weighted by molar-refractivity contribution is 9.10. The number of hydrogen-bond acceptors (Lipinski definition) is 4. The average molecular weight is 343 g/mol. The summed E-state index contributed by atoms with van der Waals surface area (Å²) in [6, 6.07) is 3.34. The van der Waals surface area contributed by atoms with Crippen molar-refractivity contribution in [2.75, 3.05) is 18.9 Å². The van der Waals surface area contributed by atoms with Crippen LogP contribution in [-0.2, 0) is 9.53 Å². The molecule has 0 aliphatic carbocycles. The molecule has 1 aromatic rings. The van der Waals surface area contributed by atoms with Gasteiger partial charge in [0.1, 0.15) is 0 Å². The maximum Gasteiger partial charge on any atom is 0.339 e. The number of halogens is 1. The van der Waals surface area contributed by atoms with Crippen molar-refractivity contribution in [2.24, 2.45) is 0 Å². The number of nitrogen functional groups attached to an aromatic ring is 1. The Morgan fingerprint density at radius 3 is 2.75 bits per heavy atom. The Balaban J connectivity index is 2.57. The Morgan fingerprint density at radius 1 is 1.40 bits per heavy atom. The number of benzene rings is 1. The average Bonchev–Trinajstić information content (AvgIpc) is 2.40. The predicted octanol–water partition coefficient (Wildman–Crippen LogP) is 2.41. The maximum absolute atomic E-state index is 11.9. The molecule has 0 aliphatic heterocycles. The smallest absolute Gasteiger partial charge is 0.339 e. The molecule has 1 rings (SSSR count). The number of carbonyl (C=O) groups excluding carboxylic acids is 2. The third kappa shape index (κ3) is 4.85. The summed E-state index contributed by atoms with van der Waals surface area (Å²) in [5, 5.41) is 2.68. The first kappa shape index (κ1) is 16.5. The second-order valence-corrected chi connectivity index (χ2v) is 5.36. The summed E-state index contributed by atoms with van der Waals surface area (Å²) >= 11 is 3.27. The van der Waals surface area contributed by atoms with E-state index in [0.29, 0.717) is 27.8 Å². The van der Waals surface area contributed by atoms with Crippen LogP contribution in [0.15, 0.2) is 16.6 Å². The van der Waals surface area contributed by atoms with Crippen molar-refractivity contribution >= 4 is 33.5 Å². The third-order valence-electron chi connectivity index (χ3n) is 2.82. The lowest BCUT2D eigenvalue weighted by atomic mass is 10.1. The third-order valence-corrected chi connectivity index (χ3v) is 3.28. The van der Waals surface area contributed by atoms with Gasteiger partial charge < -0.3 is 15.8 Å². The fraction of sp³-hybridized carbons (Fsp3) is 0.429. The van der Waals surface area contributed by atoms with E-state index in [0.717, 1.165) is 12.8 Å². The molecule has 1 aromatic carbocycles. The SMILES string of the molecule is CCCCNC(=O)COC(=O)c1cc(Br)cc(N)c1C. The molecule has 0 aliphatic rings. The van der Waals surface area contributed by atoms with Gasteiger partial charge in [0.15, 0.2) is 6.61 Å². The van der Waals surface area contributed by atoms with Crippen molar-refractivity contribution in [3.8, 4) is 0 Å². The summed E-state index contributed by atoms with van der Waals surface area (Å²) in [5.74, 6) is -0.853. The summed E-state index contributed by atoms with van der Waals surface area (Å²) in [6.07, 6.45) is 1.90. The fourth-order valence-corrected chi connectivity index (χ4v) is 2.05. The monoisotopic (exact) mass is 342 g/mol. The minimum atomic E-state index is -0.554. The predicted molar refractivity (Wildman–Crippen MR) is 81.5 cm³/mol. The number of rotatable bonds is 6. The standard InChI is InChI=1S/C14H19BrN2O3/c1-3-4-5-17-13(18)8-20-14(19)11-6-10(15)7-12(16)9(11)2/h6-7H,3-5,8,16H2,1-2H3,(H,17,18). The molecule has 0 saturated heterocycles. The highest BCUT2D eigenvalue weighted by atomic mass is 79.9. The Bertz CT molecular complexity index is 503. The molecule has 0 aromatic heterocycles. The lowest BCUT2D eigenvalue weighted by Gasteiger charge is -2.10. The number of hydrogen-bond donors (Lipinski definition) is 2. The van der Waals surface area contributed by atoms with E-state index in [1.807, 2.05) is 6.92 Å². The Hall–Kier alpha value is -1.56. The number of nitrogens with two attached hydrogens (primary N) is 1. The summed E-state index contributed by atoms with van der Waals surface area (Å²) in [6.45, 7) is 4.08. The van der Waals surface area contributed by atoms with E-state index in [1.54, 1.807) is 19.1 Å². The molecule has 1 amide bonds. The van der Waals surface area contributed by atoms with E-state index in [2.05, 4.69) is 21.2 Å². The van der Waals surface area contributed by atoms with Gasteiger partial charge in [0.2, 0.25) is 0 Å². The number of ether oxygens (including phenoxy) is 1. The van der Waals surface area contributed by atoms with Crippen LogP contribution in [0.1, 0.15) is 35.7 Å². The lowest BCUT2D eigenvalue weighted by Crippen LogP contribution is -2.29. The van der Waals surface area contributed by atoms with Gasteiger partial charge in [0, 0.05) is 16.7 Å². The fourth-order valence-electron chi connectivity index (χ4n) is 1.58. The lowest BCUT2D eigenvalue weighted by molar-refractivity contribution is -0.124. The first-order valence-electron chi connectivity index (χ1n) is 6.45. The molecule has 0 radical (unpaired) electrons. The summed E-state index contributed by atoms with van der Waals surface area (Å²) in [5.41, 5.74) is 7.28. The van der Waals surface area contributed by atoms with Crippen LogP contribution in [0, 0.1) is 6.92 Å². The molecule has 0 unspecified atom stereocenters. The largest absolute Gasteiger partial charge is 0.452 e. The number of unbranched alkanes of at least 4 members (excludes halogenated alkanes) is 1. The van der Waals surface area contributed by atoms with Gasteiger partial charge in [-0.2, -0.15) is 0 Å². The minimum Gasteiger partial charge on any atom is -0.452 e. The molecule has 0 saturated carbocycles. The topological polar surface area (TPSA) is 81.4 Å². The Labute approximate surface area is 127 Å². The molecule has 110 valence electrons. The van der Waals surface area contributed by atoms with Crippen molar-refractivity contribution in [1.29, 1.82) is 0 Å². The molecule has 0 spiro atoms. The quantitative estimate of drug-likeness (QED) is 0.472. The number of esters is 1. The van der Waals surface area contributed by atoms with Gasteiger partial charge in [-0.1, -0.05) is 29.3 Å². The maximum atomic E-state index is 11.9. The van der Waals surface area contributed by atoms with Crippen LogP contribution < -0.4 is 11.1 Å². The molecule has 0 atom stereocenters. The van der Waals surface area contributed by atoms with Crippen molar-refractivity contribution in [3.05, 3.63) is 27.7 Å². The van der Waals surface area contributed by atoms with Crippen LogP contribution in [-0.4, -0.2) is 25.0 Å². The van der Waals surface area contributed by atoms with Crippen LogP contribution in [0.3, 0.4) is 0 Å². The van der Waals surface area contributed by atoms with Gasteiger partial charge >= 0.3 is 5.97 Å². The van der Waals surface area contributed by atoms with Crippen LogP contribution in [0.2, 0.25) is 0 Å². The molecule has 20 heavy (non-hydrogen) atoms. The highest BCUT2D eigenvalue weighted by Gasteiger charge is 2.15. The zero-order valence-corrected chi connectivity index (χ0v) is 13.2. The van der Waals surface area contributed by atoms with E-state index in [1.165, 1.54) is 0 Å². The zero-order valence-electron chi connectivity index (χ0n) is 11.7.